The fourth-order valence-electron chi connectivity index (χ4n) is 5.94. The highest BCUT2D eigenvalue weighted by Crippen LogP contribution is 2.29. The minimum absolute atomic E-state index is 0.0520. The van der Waals surface area contributed by atoms with Gasteiger partial charge in [-0.25, -0.2) is 9.59 Å². The minimum Gasteiger partial charge on any atom is -0.445 e. The number of hydrogen-bond acceptors (Lipinski definition) is 10. The first kappa shape index (κ1) is 41.0. The van der Waals surface area contributed by atoms with Crippen molar-refractivity contribution in [2.75, 3.05) is 16.8 Å². The van der Waals surface area contributed by atoms with Crippen molar-refractivity contribution < 1.29 is 33.5 Å². The number of nitrogens with one attached hydrogen (secondary N) is 5. The summed E-state index contributed by atoms with van der Waals surface area (Å²) < 4.78 is 4.77. The Morgan fingerprint density at radius 3 is 2.20 bits per heavy atom. The van der Waals surface area contributed by atoms with Gasteiger partial charge >= 0.3 is 12.1 Å². The maximum atomic E-state index is 13.8. The van der Waals surface area contributed by atoms with Crippen LogP contribution >= 0.6 is 0 Å². The summed E-state index contributed by atoms with van der Waals surface area (Å²) in [5, 5.41) is 23.3. The standard InChI is InChI=1S/C38H46N10O7/c1-22(2)33(36(52)45-28(11-7-19-43-37(40)53)35(51)44-25-15-13-23(14-16-25)21-55-38(41)54)46-30(49)17-18-31(50)48-20-24-8-3-4-9-26(24)32(39)34(47-42)27-10-5-6-12-29(27)48/h3-6,8-10,12-16,22,28,33,39H,7,11,17-21,42H2,1-2H3,(H2,41,54)(H,44,51)(H,45,52)(H,46,49)(H3,40,43,53)/t28-,33-/m0/s1. The number of nitrogens with two attached hydrogens (primary N) is 3. The summed E-state index contributed by atoms with van der Waals surface area (Å²) in [5.41, 5.74) is 13.8. The van der Waals surface area contributed by atoms with E-state index in [1.165, 1.54) is 4.90 Å². The van der Waals surface area contributed by atoms with Crippen LogP contribution in [0.1, 0.15) is 61.8 Å². The molecule has 0 aromatic heterocycles. The second-order valence-electron chi connectivity index (χ2n) is 13.1. The molecule has 17 nitrogen and oxygen atoms in total. The number of carbonyl (C=O) groups is 6. The molecule has 1 heterocycles. The summed E-state index contributed by atoms with van der Waals surface area (Å²) >= 11 is 0. The number of para-hydroxylation sites is 1. The van der Waals surface area contributed by atoms with Crippen LogP contribution in [-0.4, -0.2) is 65.8 Å². The van der Waals surface area contributed by atoms with E-state index < -0.39 is 47.8 Å². The number of rotatable bonds is 15. The third kappa shape index (κ3) is 11.4. The number of hydrazone groups is 1. The summed E-state index contributed by atoms with van der Waals surface area (Å²) in [6, 6.07) is 17.7. The second-order valence-corrected chi connectivity index (χ2v) is 13.1. The molecule has 1 aliphatic heterocycles. The first-order chi connectivity index (χ1) is 26.3. The van der Waals surface area contributed by atoms with Gasteiger partial charge in [0.05, 0.1) is 17.9 Å². The minimum atomic E-state index is -1.07. The Kier molecular flexibility index (Phi) is 14.4. The zero-order valence-corrected chi connectivity index (χ0v) is 30.6. The maximum absolute atomic E-state index is 13.8. The van der Waals surface area contributed by atoms with Gasteiger partial charge in [-0.1, -0.05) is 68.4 Å². The van der Waals surface area contributed by atoms with Crippen LogP contribution < -0.4 is 43.5 Å². The highest BCUT2D eigenvalue weighted by molar-refractivity contribution is 6.53. The molecule has 0 unspecified atom stereocenters. The van der Waals surface area contributed by atoms with Gasteiger partial charge in [-0.3, -0.25) is 24.6 Å². The number of carbonyl (C=O) groups excluding carboxylic acids is 6. The Hall–Kier alpha value is -6.78. The van der Waals surface area contributed by atoms with E-state index in [1.54, 1.807) is 80.6 Å². The number of primary amides is 2. The van der Waals surface area contributed by atoms with Crippen LogP contribution in [-0.2, 0) is 37.1 Å². The highest BCUT2D eigenvalue weighted by atomic mass is 16.5. The number of nitrogens with zero attached hydrogens (tertiary/aromatic N) is 2. The van der Waals surface area contributed by atoms with Gasteiger partial charge in [-0.05, 0) is 48.1 Å². The molecule has 3 aromatic carbocycles. The first-order valence-electron chi connectivity index (χ1n) is 17.6. The molecule has 0 bridgehead atoms. The summed E-state index contributed by atoms with van der Waals surface area (Å²) in [5.74, 6) is 3.24. The number of ether oxygens (including phenoxy) is 1. The lowest BCUT2D eigenvalue weighted by Crippen LogP contribution is -2.54. The van der Waals surface area contributed by atoms with E-state index in [-0.39, 0.29) is 62.7 Å². The number of benzene rings is 3. The van der Waals surface area contributed by atoms with E-state index in [1.807, 2.05) is 6.07 Å². The Morgan fingerprint density at radius 2 is 1.55 bits per heavy atom. The largest absolute Gasteiger partial charge is 0.445 e. The summed E-state index contributed by atoms with van der Waals surface area (Å²) in [7, 11) is 0. The molecule has 7 amide bonds. The van der Waals surface area contributed by atoms with Crippen LogP contribution in [0.2, 0.25) is 0 Å². The Balaban J connectivity index is 1.44. The Labute approximate surface area is 317 Å². The molecular formula is C38H46N10O7. The van der Waals surface area contributed by atoms with E-state index in [4.69, 9.17) is 27.5 Å². The van der Waals surface area contributed by atoms with Gasteiger partial charge in [0.1, 0.15) is 24.4 Å². The predicted octanol–water partition coefficient (Wildman–Crippen LogP) is 2.35. The van der Waals surface area contributed by atoms with Crippen LogP contribution in [0.15, 0.2) is 77.9 Å². The average molecular weight is 755 g/mol. The molecule has 2 atom stereocenters. The molecular weight excluding hydrogens is 708 g/mol. The van der Waals surface area contributed by atoms with Crippen molar-refractivity contribution in [2.24, 2.45) is 28.3 Å². The van der Waals surface area contributed by atoms with E-state index in [2.05, 4.69) is 26.4 Å². The van der Waals surface area contributed by atoms with Crippen LogP contribution in [0.4, 0.5) is 21.0 Å². The van der Waals surface area contributed by atoms with Crippen molar-refractivity contribution in [1.82, 2.24) is 16.0 Å². The highest BCUT2D eigenvalue weighted by Gasteiger charge is 2.31. The van der Waals surface area contributed by atoms with Crippen molar-refractivity contribution in [1.29, 1.82) is 5.41 Å². The number of urea groups is 1. The molecule has 0 saturated carbocycles. The number of amides is 7. The van der Waals surface area contributed by atoms with Gasteiger partial charge in [0, 0.05) is 36.2 Å². The van der Waals surface area contributed by atoms with Gasteiger partial charge in [-0.15, -0.1) is 0 Å². The van der Waals surface area contributed by atoms with Gasteiger partial charge in [0.25, 0.3) is 0 Å². The molecule has 290 valence electrons. The number of hydrogen-bond donors (Lipinski definition) is 8. The molecule has 11 N–H and O–H groups in total. The molecule has 0 radical (unpaired) electrons. The quantitative estimate of drug-likeness (QED) is 0.0646. The van der Waals surface area contributed by atoms with Gasteiger partial charge in [0.2, 0.25) is 23.6 Å². The molecule has 17 heteroatoms. The van der Waals surface area contributed by atoms with Crippen LogP contribution in [0.5, 0.6) is 0 Å². The molecule has 0 aliphatic carbocycles. The van der Waals surface area contributed by atoms with Crippen molar-refractivity contribution in [3.63, 3.8) is 0 Å². The fourth-order valence-corrected chi connectivity index (χ4v) is 5.94. The zero-order chi connectivity index (χ0) is 40.1. The van der Waals surface area contributed by atoms with E-state index in [9.17, 15) is 28.8 Å². The van der Waals surface area contributed by atoms with Crippen LogP contribution in [0.3, 0.4) is 0 Å². The normalized spacial score (nSPS) is 14.0. The first-order valence-corrected chi connectivity index (χ1v) is 17.6. The van der Waals surface area contributed by atoms with Crippen molar-refractivity contribution >= 4 is 58.6 Å². The van der Waals surface area contributed by atoms with Crippen molar-refractivity contribution in [3.8, 4) is 0 Å². The molecule has 0 spiro atoms. The number of anilines is 2. The van der Waals surface area contributed by atoms with Gasteiger partial charge in [0.15, 0.2) is 0 Å². The second kappa shape index (κ2) is 19.3. The maximum Gasteiger partial charge on any atom is 0.404 e. The zero-order valence-electron chi connectivity index (χ0n) is 30.6. The smallest absolute Gasteiger partial charge is 0.404 e. The van der Waals surface area contributed by atoms with E-state index >= 15 is 0 Å². The van der Waals surface area contributed by atoms with Crippen LogP contribution in [0, 0.1) is 11.3 Å². The molecule has 3 aromatic rings. The Bertz CT molecular complexity index is 1950. The molecule has 4 rings (SSSR count). The fraction of sp³-hybridized carbons (Fsp3) is 0.316. The third-order valence-corrected chi connectivity index (χ3v) is 8.77. The van der Waals surface area contributed by atoms with Gasteiger partial charge < -0.3 is 48.2 Å². The Morgan fingerprint density at radius 1 is 0.873 bits per heavy atom. The summed E-state index contributed by atoms with van der Waals surface area (Å²) in [6.07, 6.45) is -0.964. The summed E-state index contributed by atoms with van der Waals surface area (Å²) in [4.78, 5) is 77.8. The van der Waals surface area contributed by atoms with E-state index in [0.29, 0.717) is 33.6 Å². The van der Waals surface area contributed by atoms with E-state index in [0.717, 1.165) is 0 Å². The third-order valence-electron chi connectivity index (χ3n) is 8.77. The van der Waals surface area contributed by atoms with Gasteiger partial charge in [-0.2, -0.15) is 5.10 Å². The average Bonchev–Trinajstić information content (AvgIpc) is 3.15. The molecule has 0 saturated heterocycles. The lowest BCUT2D eigenvalue weighted by molar-refractivity contribution is -0.132. The molecule has 55 heavy (non-hydrogen) atoms. The lowest BCUT2D eigenvalue weighted by atomic mass is 9.92. The monoisotopic (exact) mass is 754 g/mol. The number of fused-ring (bicyclic) bond motifs is 2. The predicted molar refractivity (Wildman–Crippen MR) is 206 cm³/mol. The molecule has 0 fully saturated rings. The van der Waals surface area contributed by atoms with Crippen LogP contribution in [0.25, 0.3) is 0 Å². The molecule has 1 aliphatic rings. The van der Waals surface area contributed by atoms with Crippen molar-refractivity contribution in [2.45, 2.75) is 64.8 Å². The SMILES string of the molecule is CC(C)[C@H](NC(=O)CCC(=O)N1Cc2ccccc2C(=N)C(=NN)c2ccccc21)C(=O)N[C@@H](CCCNC(N)=O)C(=O)Nc1ccc(COC(N)=O)cc1. The topological polar surface area (TPSA) is 277 Å². The summed E-state index contributed by atoms with van der Waals surface area (Å²) in [6.45, 7) is 3.69. The van der Waals surface area contributed by atoms with Crippen molar-refractivity contribution in [3.05, 3.63) is 95.1 Å². The lowest BCUT2D eigenvalue weighted by Gasteiger charge is -2.29.